The van der Waals surface area contributed by atoms with Crippen molar-refractivity contribution in [2.45, 2.75) is 58.9 Å². The van der Waals surface area contributed by atoms with Gasteiger partial charge in [0.25, 0.3) is 0 Å². The van der Waals surface area contributed by atoms with Gasteiger partial charge in [0.05, 0.1) is 5.56 Å². The van der Waals surface area contributed by atoms with Crippen molar-refractivity contribution >= 4 is 28.9 Å². The summed E-state index contributed by atoms with van der Waals surface area (Å²) in [5, 5.41) is 14.0. The van der Waals surface area contributed by atoms with Gasteiger partial charge < -0.3 is 5.32 Å². The summed E-state index contributed by atoms with van der Waals surface area (Å²) >= 11 is 1.57. The first-order valence-corrected chi connectivity index (χ1v) is 12.2. The molecule has 1 aliphatic carbocycles. The Labute approximate surface area is 194 Å². The minimum atomic E-state index is 0.436. The van der Waals surface area contributed by atoms with Gasteiger partial charge in [-0.15, -0.1) is 10.2 Å². The zero-order valence-corrected chi connectivity index (χ0v) is 19.8. The molecule has 0 radical (unpaired) electrons. The molecule has 3 aromatic rings. The summed E-state index contributed by atoms with van der Waals surface area (Å²) in [6, 6.07) is 8.77. The number of benzene rings is 1. The number of aliphatic imine (C=N–C) groups is 1. The topological polar surface area (TPSA) is 76.0 Å². The molecule has 0 bridgehead atoms. The maximum atomic E-state index is 4.97. The largest absolute Gasteiger partial charge is 0.367 e. The molecule has 0 atom stereocenters. The van der Waals surface area contributed by atoms with Crippen LogP contribution in [0.4, 0.5) is 5.82 Å². The number of anilines is 1. The summed E-state index contributed by atoms with van der Waals surface area (Å²) in [6.45, 7) is 6.81. The van der Waals surface area contributed by atoms with Crippen molar-refractivity contribution in [2.75, 3.05) is 11.9 Å². The summed E-state index contributed by atoms with van der Waals surface area (Å²) in [5.74, 6) is 1.56. The van der Waals surface area contributed by atoms with Gasteiger partial charge in [0.15, 0.2) is 10.8 Å². The molecule has 1 aliphatic rings. The Morgan fingerprint density at radius 3 is 2.78 bits per heavy atom. The van der Waals surface area contributed by atoms with E-state index in [0.717, 1.165) is 44.6 Å². The molecule has 1 aromatic carbocycles. The van der Waals surface area contributed by atoms with Crippen LogP contribution in [0.1, 0.15) is 56.5 Å². The van der Waals surface area contributed by atoms with Gasteiger partial charge in [0.2, 0.25) is 0 Å². The van der Waals surface area contributed by atoms with Gasteiger partial charge in [0, 0.05) is 30.6 Å². The van der Waals surface area contributed by atoms with Gasteiger partial charge in [-0.1, -0.05) is 54.9 Å². The van der Waals surface area contributed by atoms with Crippen LogP contribution in [0.2, 0.25) is 0 Å². The van der Waals surface area contributed by atoms with Crippen LogP contribution in [0.3, 0.4) is 0 Å². The molecule has 1 saturated carbocycles. The van der Waals surface area contributed by atoms with Crippen molar-refractivity contribution in [2.24, 2.45) is 4.99 Å². The lowest BCUT2D eigenvalue weighted by molar-refractivity contribution is 0.462. The fraction of sp³-hybridized carbons (Fsp3) is 0.400. The normalized spacial score (nSPS) is 15.4. The molecule has 0 amide bonds. The molecule has 4 rings (SSSR count). The van der Waals surface area contributed by atoms with Crippen molar-refractivity contribution in [3.8, 4) is 22.0 Å². The molecule has 32 heavy (non-hydrogen) atoms. The van der Waals surface area contributed by atoms with E-state index in [4.69, 9.17) is 9.97 Å². The number of rotatable bonds is 7. The van der Waals surface area contributed by atoms with Crippen LogP contribution in [-0.4, -0.2) is 39.0 Å². The highest BCUT2D eigenvalue weighted by molar-refractivity contribution is 7.14. The second-order valence-electron chi connectivity index (χ2n) is 8.01. The van der Waals surface area contributed by atoms with Crippen molar-refractivity contribution < 1.29 is 0 Å². The SMILES string of the molecule is C/C=C(\C=N/CC)c1cccc(-c2ncc(-c3nnc(C)s3)c(NC3CCCCC3)n2)c1. The molecule has 6 nitrogen and oxygen atoms in total. The summed E-state index contributed by atoms with van der Waals surface area (Å²) in [5.41, 5.74) is 4.11. The average molecular weight is 447 g/mol. The van der Waals surface area contributed by atoms with Gasteiger partial charge in [0.1, 0.15) is 10.8 Å². The van der Waals surface area contributed by atoms with E-state index in [1.807, 2.05) is 39.2 Å². The van der Waals surface area contributed by atoms with E-state index in [9.17, 15) is 0 Å². The molecule has 0 unspecified atom stereocenters. The number of nitrogens with zero attached hydrogens (tertiary/aromatic N) is 5. The highest BCUT2D eigenvalue weighted by atomic mass is 32.1. The maximum Gasteiger partial charge on any atom is 0.161 e. The summed E-state index contributed by atoms with van der Waals surface area (Å²) in [7, 11) is 0. The Kier molecular flexibility index (Phi) is 7.37. The molecule has 7 heteroatoms. The Morgan fingerprint density at radius 1 is 1.22 bits per heavy atom. The van der Waals surface area contributed by atoms with Gasteiger partial charge in [-0.3, -0.25) is 4.99 Å². The minimum Gasteiger partial charge on any atom is -0.367 e. The molecule has 2 heterocycles. The van der Waals surface area contributed by atoms with Crippen LogP contribution in [0.5, 0.6) is 0 Å². The van der Waals surface area contributed by atoms with Gasteiger partial charge in [-0.2, -0.15) is 0 Å². The van der Waals surface area contributed by atoms with E-state index in [1.165, 1.54) is 32.1 Å². The first-order chi connectivity index (χ1) is 15.7. The lowest BCUT2D eigenvalue weighted by Gasteiger charge is -2.24. The van der Waals surface area contributed by atoms with Crippen molar-refractivity contribution in [1.82, 2.24) is 20.2 Å². The van der Waals surface area contributed by atoms with Crippen LogP contribution in [0, 0.1) is 6.92 Å². The predicted octanol–water partition coefficient (Wildman–Crippen LogP) is 6.21. The standard InChI is InChI=1S/C25H30N6S/c1-4-18(15-26-5-2)19-10-9-11-20(14-19)23-27-16-22(25-31-30-17(3)32-25)24(29-23)28-21-12-7-6-8-13-21/h4,9-11,14-16,21H,5-8,12-13H2,1-3H3,(H,27,28,29)/b18-4+,26-15-. The van der Waals surface area contributed by atoms with Crippen LogP contribution in [-0.2, 0) is 0 Å². The van der Waals surface area contributed by atoms with Crippen molar-refractivity contribution in [3.05, 3.63) is 47.1 Å². The molecule has 1 N–H and O–H groups in total. The minimum absolute atomic E-state index is 0.436. The fourth-order valence-corrected chi connectivity index (χ4v) is 4.68. The molecule has 0 spiro atoms. The van der Waals surface area contributed by atoms with E-state index in [2.05, 4.69) is 44.8 Å². The number of aryl methyl sites for hydroxylation is 1. The number of allylic oxidation sites excluding steroid dienone is 2. The van der Waals surface area contributed by atoms with E-state index >= 15 is 0 Å². The van der Waals surface area contributed by atoms with E-state index in [-0.39, 0.29) is 0 Å². The third kappa shape index (κ3) is 5.27. The smallest absolute Gasteiger partial charge is 0.161 e. The van der Waals surface area contributed by atoms with E-state index in [0.29, 0.717) is 11.9 Å². The second-order valence-corrected chi connectivity index (χ2v) is 9.20. The lowest BCUT2D eigenvalue weighted by Crippen LogP contribution is -2.23. The molecule has 0 saturated heterocycles. The zero-order valence-electron chi connectivity index (χ0n) is 19.0. The number of aromatic nitrogens is 4. The third-order valence-electron chi connectivity index (χ3n) is 5.67. The first kappa shape index (κ1) is 22.3. The quantitative estimate of drug-likeness (QED) is 0.437. The predicted molar refractivity (Wildman–Crippen MR) is 134 cm³/mol. The van der Waals surface area contributed by atoms with Gasteiger partial charge >= 0.3 is 0 Å². The Hall–Kier alpha value is -2.93. The third-order valence-corrected chi connectivity index (χ3v) is 6.54. The zero-order chi connectivity index (χ0) is 22.3. The van der Waals surface area contributed by atoms with Crippen molar-refractivity contribution in [1.29, 1.82) is 0 Å². The lowest BCUT2D eigenvalue weighted by atomic mass is 9.95. The fourth-order valence-electron chi connectivity index (χ4n) is 3.98. The molecule has 1 fully saturated rings. The Morgan fingerprint density at radius 2 is 2.06 bits per heavy atom. The summed E-state index contributed by atoms with van der Waals surface area (Å²) in [6.07, 6.45) is 12.1. The number of hydrogen-bond acceptors (Lipinski definition) is 7. The van der Waals surface area contributed by atoms with Crippen LogP contribution >= 0.6 is 11.3 Å². The van der Waals surface area contributed by atoms with Crippen LogP contribution < -0.4 is 5.32 Å². The van der Waals surface area contributed by atoms with Gasteiger partial charge in [-0.25, -0.2) is 9.97 Å². The second kappa shape index (κ2) is 10.6. The average Bonchev–Trinajstić information content (AvgIpc) is 3.26. The Bertz CT molecular complexity index is 1110. The maximum absolute atomic E-state index is 4.97. The highest BCUT2D eigenvalue weighted by Crippen LogP contribution is 2.32. The van der Waals surface area contributed by atoms with Crippen LogP contribution in [0.15, 0.2) is 41.5 Å². The Balaban J connectivity index is 1.71. The molecular weight excluding hydrogens is 416 g/mol. The highest BCUT2D eigenvalue weighted by Gasteiger charge is 2.19. The van der Waals surface area contributed by atoms with Crippen molar-refractivity contribution in [3.63, 3.8) is 0 Å². The van der Waals surface area contributed by atoms with Gasteiger partial charge in [-0.05, 0) is 50.8 Å². The molecular formula is C25H30N6S. The first-order valence-electron chi connectivity index (χ1n) is 11.4. The molecule has 166 valence electrons. The number of hydrogen-bond donors (Lipinski definition) is 1. The molecule has 0 aliphatic heterocycles. The summed E-state index contributed by atoms with van der Waals surface area (Å²) in [4.78, 5) is 14.1. The number of nitrogens with one attached hydrogen (secondary N) is 1. The monoisotopic (exact) mass is 446 g/mol. The van der Waals surface area contributed by atoms with E-state index in [1.54, 1.807) is 11.3 Å². The van der Waals surface area contributed by atoms with E-state index < -0.39 is 0 Å². The van der Waals surface area contributed by atoms with Crippen LogP contribution in [0.25, 0.3) is 27.5 Å². The summed E-state index contributed by atoms with van der Waals surface area (Å²) < 4.78 is 0. The molecule has 2 aromatic heterocycles.